The second-order valence-electron chi connectivity index (χ2n) is 7.49. The molecule has 2 heteroatoms. The number of hydrogen-bond acceptors (Lipinski definition) is 2. The minimum atomic E-state index is 0.948. The van der Waals surface area contributed by atoms with Crippen LogP contribution in [-0.4, -0.2) is 10.2 Å². The van der Waals surface area contributed by atoms with Crippen molar-refractivity contribution >= 4 is 64.8 Å². The Hall–Kier alpha value is -3.78. The topological polar surface area (TPSA) is 25.8 Å². The second kappa shape index (κ2) is 4.93. The third-order valence-corrected chi connectivity index (χ3v) is 6.10. The molecule has 128 valence electrons. The van der Waals surface area contributed by atoms with Crippen molar-refractivity contribution in [3.63, 3.8) is 0 Å². The van der Waals surface area contributed by atoms with E-state index in [1.165, 1.54) is 59.2 Å². The molecule has 2 nitrogen and oxygen atoms in total. The number of benzene rings is 6. The van der Waals surface area contributed by atoms with Crippen LogP contribution in [0.5, 0.6) is 0 Å². The van der Waals surface area contributed by atoms with E-state index in [0.717, 1.165) is 5.52 Å². The van der Waals surface area contributed by atoms with Gasteiger partial charge in [-0.1, -0.05) is 60.7 Å². The molecule has 0 saturated heterocycles. The van der Waals surface area contributed by atoms with Crippen molar-refractivity contribution in [1.82, 2.24) is 10.2 Å². The zero-order chi connectivity index (χ0) is 18.2. The summed E-state index contributed by atoms with van der Waals surface area (Å²) < 4.78 is 0. The highest BCUT2D eigenvalue weighted by Crippen LogP contribution is 2.45. The fourth-order valence-corrected chi connectivity index (χ4v) is 4.99. The van der Waals surface area contributed by atoms with E-state index < -0.39 is 0 Å². The highest BCUT2D eigenvalue weighted by molar-refractivity contribution is 6.40. The molecule has 28 heavy (non-hydrogen) atoms. The van der Waals surface area contributed by atoms with E-state index in [1.807, 2.05) is 0 Å². The summed E-state index contributed by atoms with van der Waals surface area (Å²) in [4.78, 5) is 0. The normalized spacial score (nSPS) is 12.3. The van der Waals surface area contributed by atoms with Crippen molar-refractivity contribution in [2.45, 2.75) is 0 Å². The van der Waals surface area contributed by atoms with E-state index in [4.69, 9.17) is 0 Å². The molecule has 0 spiro atoms. The molecule has 0 aliphatic carbocycles. The van der Waals surface area contributed by atoms with E-state index in [-0.39, 0.29) is 0 Å². The van der Waals surface area contributed by atoms with Crippen molar-refractivity contribution < 1.29 is 0 Å². The molecule has 0 N–H and O–H groups in total. The molecule has 0 bridgehead atoms. The number of nitrogens with zero attached hydrogens (tertiary/aromatic N) is 2. The van der Waals surface area contributed by atoms with Gasteiger partial charge in [-0.05, 0) is 66.7 Å². The molecule has 0 fully saturated rings. The van der Waals surface area contributed by atoms with Crippen molar-refractivity contribution in [3.8, 4) is 0 Å². The maximum atomic E-state index is 4.47. The molecule has 1 heterocycles. The van der Waals surface area contributed by atoms with Gasteiger partial charge in [0.2, 0.25) is 0 Å². The summed E-state index contributed by atoms with van der Waals surface area (Å²) in [6, 6.07) is 28.5. The van der Waals surface area contributed by atoms with Gasteiger partial charge in [-0.3, -0.25) is 0 Å². The number of rotatable bonds is 0. The van der Waals surface area contributed by atoms with Gasteiger partial charge in [0, 0.05) is 10.8 Å². The smallest absolute Gasteiger partial charge is 0.0942 e. The minimum absolute atomic E-state index is 0.948. The van der Waals surface area contributed by atoms with Crippen LogP contribution in [0.1, 0.15) is 0 Å². The average molecular weight is 354 g/mol. The zero-order valence-electron chi connectivity index (χ0n) is 15.0. The fraction of sp³-hybridized carbons (Fsp3) is 0. The Morgan fingerprint density at radius 2 is 1.18 bits per heavy atom. The molecule has 0 aliphatic rings. The third-order valence-electron chi connectivity index (χ3n) is 6.10. The first-order chi connectivity index (χ1) is 13.9. The van der Waals surface area contributed by atoms with Crippen LogP contribution in [-0.2, 0) is 0 Å². The second-order valence-corrected chi connectivity index (χ2v) is 7.49. The van der Waals surface area contributed by atoms with Gasteiger partial charge in [0.25, 0.3) is 0 Å². The van der Waals surface area contributed by atoms with Gasteiger partial charge in [-0.2, -0.15) is 10.2 Å². The summed E-state index contributed by atoms with van der Waals surface area (Å²) in [6.45, 7) is 0. The molecule has 0 unspecified atom stereocenters. The highest BCUT2D eigenvalue weighted by atomic mass is 15.1. The van der Waals surface area contributed by atoms with Crippen LogP contribution in [0.3, 0.4) is 0 Å². The molecule has 0 radical (unpaired) electrons. The molecule has 0 atom stereocenters. The largest absolute Gasteiger partial charge is 0.159 e. The first-order valence-corrected chi connectivity index (χ1v) is 9.52. The maximum absolute atomic E-state index is 4.47. The Bertz CT molecular complexity index is 1710. The van der Waals surface area contributed by atoms with Gasteiger partial charge >= 0.3 is 0 Å². The standard InChI is InChI=1S/C26H14N2/c1-2-8-17-16(5-1)13-21-18-9-3-6-15-7-4-10-20(24(15)18)25-19-11-12-27-28-23(19)14-22(17)26(21)25/h1-14H. The molecule has 1 aromatic heterocycles. The van der Waals surface area contributed by atoms with Crippen LogP contribution in [0.4, 0.5) is 0 Å². The summed E-state index contributed by atoms with van der Waals surface area (Å²) in [5.74, 6) is 0. The van der Waals surface area contributed by atoms with Crippen LogP contribution in [0.15, 0.2) is 85.1 Å². The van der Waals surface area contributed by atoms with Gasteiger partial charge in [0.15, 0.2) is 0 Å². The Morgan fingerprint density at radius 3 is 2.11 bits per heavy atom. The minimum Gasteiger partial charge on any atom is -0.159 e. The van der Waals surface area contributed by atoms with Gasteiger partial charge in [0.1, 0.15) is 0 Å². The SMILES string of the molecule is c1ccc2c(c1)cc1c3cccc4cccc(c43)c3c4ccnnc4cc2c13. The first kappa shape index (κ1) is 14.3. The lowest BCUT2D eigenvalue weighted by molar-refractivity contribution is 1.08. The van der Waals surface area contributed by atoms with Crippen molar-refractivity contribution in [1.29, 1.82) is 0 Å². The molecular weight excluding hydrogens is 340 g/mol. The van der Waals surface area contributed by atoms with Crippen LogP contribution in [0, 0.1) is 0 Å². The Labute approximate surface area is 160 Å². The highest BCUT2D eigenvalue weighted by Gasteiger charge is 2.17. The van der Waals surface area contributed by atoms with Crippen LogP contribution in [0.2, 0.25) is 0 Å². The lowest BCUT2D eigenvalue weighted by Crippen LogP contribution is -1.91. The molecule has 0 aliphatic heterocycles. The molecule has 0 amide bonds. The van der Waals surface area contributed by atoms with Crippen molar-refractivity contribution in [2.24, 2.45) is 0 Å². The molecule has 6 aromatic carbocycles. The quantitative estimate of drug-likeness (QED) is 0.220. The maximum Gasteiger partial charge on any atom is 0.0942 e. The van der Waals surface area contributed by atoms with Gasteiger partial charge in [-0.15, -0.1) is 0 Å². The van der Waals surface area contributed by atoms with E-state index in [9.17, 15) is 0 Å². The predicted molar refractivity (Wildman–Crippen MR) is 118 cm³/mol. The summed E-state index contributed by atoms with van der Waals surface area (Å²) >= 11 is 0. The van der Waals surface area contributed by atoms with Crippen LogP contribution >= 0.6 is 0 Å². The Morgan fingerprint density at radius 1 is 0.464 bits per heavy atom. The summed E-state index contributed by atoms with van der Waals surface area (Å²) in [6.07, 6.45) is 1.80. The van der Waals surface area contributed by atoms with Crippen molar-refractivity contribution in [3.05, 3.63) is 85.1 Å². The monoisotopic (exact) mass is 354 g/mol. The lowest BCUT2D eigenvalue weighted by atomic mass is 9.86. The molecular formula is C26H14N2. The third kappa shape index (κ3) is 1.64. The molecule has 0 saturated carbocycles. The summed E-state index contributed by atoms with van der Waals surface area (Å²) in [7, 11) is 0. The van der Waals surface area contributed by atoms with Crippen LogP contribution in [0.25, 0.3) is 64.8 Å². The molecule has 7 aromatic rings. The number of aromatic nitrogens is 2. The Kier molecular flexibility index (Phi) is 2.52. The van der Waals surface area contributed by atoms with Crippen LogP contribution < -0.4 is 0 Å². The van der Waals surface area contributed by atoms with Gasteiger partial charge in [0.05, 0.1) is 11.7 Å². The van der Waals surface area contributed by atoms with Gasteiger partial charge in [-0.25, -0.2) is 0 Å². The number of hydrogen-bond donors (Lipinski definition) is 0. The van der Waals surface area contributed by atoms with E-state index in [2.05, 4.69) is 89.1 Å². The van der Waals surface area contributed by atoms with E-state index in [1.54, 1.807) is 6.20 Å². The fourth-order valence-electron chi connectivity index (χ4n) is 4.99. The summed E-state index contributed by atoms with van der Waals surface area (Å²) in [5.41, 5.74) is 0.948. The predicted octanol–water partition coefficient (Wildman–Crippen LogP) is 6.83. The lowest BCUT2D eigenvalue weighted by Gasteiger charge is -2.17. The first-order valence-electron chi connectivity index (χ1n) is 9.52. The number of fused-ring (bicyclic) bond motifs is 6. The molecule has 7 rings (SSSR count). The van der Waals surface area contributed by atoms with E-state index >= 15 is 0 Å². The summed E-state index contributed by atoms with van der Waals surface area (Å²) in [5, 5.41) is 22.7. The zero-order valence-corrected chi connectivity index (χ0v) is 15.0. The van der Waals surface area contributed by atoms with E-state index in [0.29, 0.717) is 0 Å². The Balaban J connectivity index is 1.99. The van der Waals surface area contributed by atoms with Crippen molar-refractivity contribution in [2.75, 3.05) is 0 Å². The van der Waals surface area contributed by atoms with Gasteiger partial charge < -0.3 is 0 Å². The average Bonchev–Trinajstić information content (AvgIpc) is 2.76.